The molecule has 0 fully saturated rings. The fourth-order valence-electron chi connectivity index (χ4n) is 3.46. The minimum Gasteiger partial charge on any atom is -0.358 e. The molecule has 1 aromatic rings. The second kappa shape index (κ2) is 4.04. The van der Waals surface area contributed by atoms with Gasteiger partial charge in [-0.15, -0.1) is 0 Å². The Bertz CT molecular complexity index is 666. The van der Waals surface area contributed by atoms with E-state index in [-0.39, 0.29) is 17.5 Å². The van der Waals surface area contributed by atoms with Crippen molar-refractivity contribution in [2.45, 2.75) is 38.9 Å². The van der Waals surface area contributed by atoms with Gasteiger partial charge in [-0.05, 0) is 30.5 Å². The molecule has 1 spiro atoms. The molecule has 0 N–H and O–H groups in total. The first kappa shape index (κ1) is 13.1. The van der Waals surface area contributed by atoms with E-state index in [1.807, 2.05) is 45.0 Å². The van der Waals surface area contributed by atoms with Crippen molar-refractivity contribution >= 4 is 5.78 Å². The van der Waals surface area contributed by atoms with E-state index in [0.717, 1.165) is 11.1 Å². The lowest BCUT2D eigenvalue weighted by Crippen LogP contribution is -2.40. The number of ketones is 1. The molecule has 1 aromatic carbocycles. The van der Waals surface area contributed by atoms with Crippen molar-refractivity contribution in [3.8, 4) is 6.07 Å². The highest BCUT2D eigenvalue weighted by Crippen LogP contribution is 2.53. The lowest BCUT2D eigenvalue weighted by atomic mass is 9.68. The molecule has 1 aliphatic heterocycles. The maximum absolute atomic E-state index is 12.3. The number of carbonyl (C=O) groups excluding carboxylic acids is 1. The summed E-state index contributed by atoms with van der Waals surface area (Å²) in [4.78, 5) is 12.3. The van der Waals surface area contributed by atoms with E-state index < -0.39 is 11.0 Å². The van der Waals surface area contributed by atoms with Gasteiger partial charge in [0, 0.05) is 5.41 Å². The third kappa shape index (κ3) is 1.65. The van der Waals surface area contributed by atoms with Crippen LogP contribution in [0, 0.1) is 16.7 Å². The number of benzene rings is 1. The molecule has 1 unspecified atom stereocenters. The van der Waals surface area contributed by atoms with Crippen molar-refractivity contribution in [2.24, 2.45) is 5.41 Å². The molecule has 1 heterocycles. The van der Waals surface area contributed by atoms with Gasteiger partial charge in [0.15, 0.2) is 5.78 Å². The first-order valence-electron chi connectivity index (χ1n) is 6.85. The average Bonchev–Trinajstić information content (AvgIpc) is 2.67. The van der Waals surface area contributed by atoms with Crippen LogP contribution in [0.25, 0.3) is 0 Å². The summed E-state index contributed by atoms with van der Waals surface area (Å²) in [6.07, 6.45) is 2.28. The van der Waals surface area contributed by atoms with E-state index in [1.165, 1.54) is 0 Å². The van der Waals surface area contributed by atoms with Crippen molar-refractivity contribution in [1.82, 2.24) is 0 Å². The van der Waals surface area contributed by atoms with Crippen LogP contribution in [0.1, 0.15) is 44.4 Å². The first-order chi connectivity index (χ1) is 9.39. The van der Waals surface area contributed by atoms with Crippen LogP contribution in [0.4, 0.5) is 0 Å². The minimum absolute atomic E-state index is 0.0219. The van der Waals surface area contributed by atoms with E-state index in [2.05, 4.69) is 6.07 Å². The Balaban J connectivity index is 2.23. The molecule has 0 aromatic heterocycles. The van der Waals surface area contributed by atoms with Gasteiger partial charge in [0.25, 0.3) is 0 Å². The summed E-state index contributed by atoms with van der Waals surface area (Å²) in [6.45, 7) is 5.78. The highest BCUT2D eigenvalue weighted by molar-refractivity contribution is 6.04. The van der Waals surface area contributed by atoms with Gasteiger partial charge in [0.2, 0.25) is 0 Å². The average molecular weight is 267 g/mol. The monoisotopic (exact) mass is 267 g/mol. The lowest BCUT2D eigenvalue weighted by molar-refractivity contribution is -0.131. The highest BCUT2D eigenvalue weighted by Gasteiger charge is 2.51. The number of rotatable bonds is 0. The van der Waals surface area contributed by atoms with E-state index in [4.69, 9.17) is 4.74 Å². The second-order valence-corrected chi connectivity index (χ2v) is 6.30. The Morgan fingerprint density at radius 3 is 2.75 bits per heavy atom. The maximum Gasteiger partial charge on any atom is 0.178 e. The molecular weight excluding hydrogens is 250 g/mol. The number of Topliss-reactive ketones (excluding diaryl/α,β-unsaturated/α-hetero) is 1. The standard InChI is InChI=1S/C17H17NO2/c1-11-13-6-4-5-7-14(13)17(20-11)8-12(9-18)15(19)16(2,3)10-17/h4-8,11H,10H2,1-3H3/t11-,17?/m0/s1. The van der Waals surface area contributed by atoms with Gasteiger partial charge in [-0.2, -0.15) is 5.26 Å². The zero-order valence-electron chi connectivity index (χ0n) is 11.9. The molecule has 3 heteroatoms. The first-order valence-corrected chi connectivity index (χ1v) is 6.85. The zero-order valence-corrected chi connectivity index (χ0v) is 11.9. The number of carbonyl (C=O) groups is 1. The van der Waals surface area contributed by atoms with Gasteiger partial charge >= 0.3 is 0 Å². The smallest absolute Gasteiger partial charge is 0.178 e. The van der Waals surface area contributed by atoms with Crippen LogP contribution < -0.4 is 0 Å². The SMILES string of the molecule is C[C@@H]1OC2(C=C(C#N)C(=O)C(C)(C)C2)c2ccccc21. The van der Waals surface area contributed by atoms with Crippen LogP contribution in [0.5, 0.6) is 0 Å². The Morgan fingerprint density at radius 1 is 1.35 bits per heavy atom. The zero-order chi connectivity index (χ0) is 14.5. The summed E-state index contributed by atoms with van der Waals surface area (Å²) in [5, 5.41) is 9.26. The highest BCUT2D eigenvalue weighted by atomic mass is 16.5. The normalized spacial score (nSPS) is 30.8. The Kier molecular flexibility index (Phi) is 2.64. The van der Waals surface area contributed by atoms with Crippen LogP contribution in [0.2, 0.25) is 0 Å². The van der Waals surface area contributed by atoms with Crippen molar-refractivity contribution < 1.29 is 9.53 Å². The van der Waals surface area contributed by atoms with Gasteiger partial charge in [0.05, 0.1) is 11.7 Å². The summed E-state index contributed by atoms with van der Waals surface area (Å²) < 4.78 is 6.20. The fraction of sp³-hybridized carbons (Fsp3) is 0.412. The van der Waals surface area contributed by atoms with Crippen molar-refractivity contribution in [3.63, 3.8) is 0 Å². The summed E-state index contributed by atoms with van der Waals surface area (Å²) in [5.41, 5.74) is 1.22. The maximum atomic E-state index is 12.3. The summed E-state index contributed by atoms with van der Waals surface area (Å²) in [6, 6.07) is 10.1. The molecule has 0 saturated carbocycles. The van der Waals surface area contributed by atoms with E-state index in [9.17, 15) is 10.1 Å². The van der Waals surface area contributed by atoms with Crippen molar-refractivity contribution in [2.75, 3.05) is 0 Å². The molecule has 0 radical (unpaired) electrons. The summed E-state index contributed by atoms with van der Waals surface area (Å²) >= 11 is 0. The quantitative estimate of drug-likeness (QED) is 0.723. The number of fused-ring (bicyclic) bond motifs is 2. The Hall–Kier alpha value is -1.92. The van der Waals surface area contributed by atoms with Gasteiger partial charge < -0.3 is 4.74 Å². The van der Waals surface area contributed by atoms with Gasteiger partial charge in [-0.1, -0.05) is 38.1 Å². The largest absolute Gasteiger partial charge is 0.358 e. The molecule has 2 aliphatic rings. The molecule has 3 rings (SSSR count). The van der Waals surface area contributed by atoms with E-state index >= 15 is 0 Å². The molecule has 20 heavy (non-hydrogen) atoms. The van der Waals surface area contributed by atoms with Crippen LogP contribution in [0.3, 0.4) is 0 Å². The predicted octanol–water partition coefficient (Wildman–Crippen LogP) is 3.42. The molecule has 102 valence electrons. The van der Waals surface area contributed by atoms with Crippen LogP contribution in [-0.4, -0.2) is 5.78 Å². The number of ether oxygens (including phenoxy) is 1. The van der Waals surface area contributed by atoms with Gasteiger partial charge in [-0.3, -0.25) is 4.79 Å². The fourth-order valence-corrected chi connectivity index (χ4v) is 3.46. The van der Waals surface area contributed by atoms with Crippen molar-refractivity contribution in [3.05, 3.63) is 47.0 Å². The van der Waals surface area contributed by atoms with E-state index in [0.29, 0.717) is 6.42 Å². The van der Waals surface area contributed by atoms with Crippen LogP contribution in [0.15, 0.2) is 35.9 Å². The number of nitriles is 1. The topological polar surface area (TPSA) is 50.1 Å². The predicted molar refractivity (Wildman–Crippen MR) is 74.7 cm³/mol. The Labute approximate surface area is 118 Å². The molecule has 0 bridgehead atoms. The number of hydrogen-bond donors (Lipinski definition) is 0. The van der Waals surface area contributed by atoms with Gasteiger partial charge in [-0.25, -0.2) is 0 Å². The number of nitrogens with zero attached hydrogens (tertiary/aromatic N) is 1. The van der Waals surface area contributed by atoms with Crippen molar-refractivity contribution in [1.29, 1.82) is 5.26 Å². The third-order valence-electron chi connectivity index (χ3n) is 4.30. The van der Waals surface area contributed by atoms with Gasteiger partial charge in [0.1, 0.15) is 11.7 Å². The molecule has 0 amide bonds. The van der Waals surface area contributed by atoms with Crippen LogP contribution in [-0.2, 0) is 15.1 Å². The number of allylic oxidation sites excluding steroid dienone is 1. The van der Waals surface area contributed by atoms with Crippen LogP contribution >= 0.6 is 0 Å². The Morgan fingerprint density at radius 2 is 2.05 bits per heavy atom. The lowest BCUT2D eigenvalue weighted by Gasteiger charge is -2.38. The second-order valence-electron chi connectivity index (χ2n) is 6.30. The molecule has 0 saturated heterocycles. The third-order valence-corrected chi connectivity index (χ3v) is 4.30. The molecule has 1 aliphatic carbocycles. The molecular formula is C17H17NO2. The number of hydrogen-bond acceptors (Lipinski definition) is 3. The summed E-state index contributed by atoms with van der Waals surface area (Å²) in [7, 11) is 0. The molecule has 2 atom stereocenters. The minimum atomic E-state index is -0.640. The van der Waals surface area contributed by atoms with E-state index in [1.54, 1.807) is 6.08 Å². The molecule has 3 nitrogen and oxygen atoms in total. The summed E-state index contributed by atoms with van der Waals surface area (Å²) in [5.74, 6) is -0.0914.